The molecule has 0 bridgehead atoms. The zero-order chi connectivity index (χ0) is 31.3. The van der Waals surface area contributed by atoms with Gasteiger partial charge in [-0.3, -0.25) is 0 Å². The number of halogens is 3. The van der Waals surface area contributed by atoms with E-state index in [4.69, 9.17) is 15.1 Å². The lowest BCUT2D eigenvalue weighted by atomic mass is 10.0. The number of pyridine rings is 1. The quantitative estimate of drug-likeness (QED) is 0.270. The summed E-state index contributed by atoms with van der Waals surface area (Å²) in [5.41, 5.74) is 1.16. The predicted octanol–water partition coefficient (Wildman–Crippen LogP) is 7.16. The maximum absolute atomic E-state index is 15.9. The lowest BCUT2D eigenvalue weighted by molar-refractivity contribution is -0.131. The van der Waals surface area contributed by atoms with Crippen LogP contribution in [0.1, 0.15) is 50.3 Å². The Bertz CT molecular complexity index is 1570. The van der Waals surface area contributed by atoms with Crippen LogP contribution in [0.4, 0.5) is 19.4 Å². The molecule has 2 aromatic carbocycles. The van der Waals surface area contributed by atoms with E-state index in [0.717, 1.165) is 23.3 Å². The molecule has 0 aliphatic carbocycles. The van der Waals surface area contributed by atoms with Crippen LogP contribution in [0.5, 0.6) is 0 Å². The number of carboxylic acid groups (broad SMARTS) is 1. The van der Waals surface area contributed by atoms with Gasteiger partial charge in [0.15, 0.2) is 11.6 Å². The third-order valence-corrected chi connectivity index (χ3v) is 7.52. The maximum atomic E-state index is 15.9. The van der Waals surface area contributed by atoms with Crippen LogP contribution in [-0.4, -0.2) is 51.8 Å². The number of hydrogen-bond acceptors (Lipinski definition) is 6. The molecule has 11 heteroatoms. The molecule has 3 aromatic rings. The molecule has 0 spiro atoms. The minimum absolute atomic E-state index is 0.121. The van der Waals surface area contributed by atoms with Crippen molar-refractivity contribution in [1.29, 1.82) is 5.26 Å². The molecule has 0 unspecified atom stereocenters. The Labute approximate surface area is 257 Å². The zero-order valence-corrected chi connectivity index (χ0v) is 25.6. The molecule has 1 saturated heterocycles. The van der Waals surface area contributed by atoms with E-state index >= 15 is 4.39 Å². The van der Waals surface area contributed by atoms with Crippen LogP contribution >= 0.6 is 15.9 Å². The van der Waals surface area contributed by atoms with E-state index in [1.54, 1.807) is 48.8 Å². The molecule has 1 aliphatic rings. The number of nitriles is 1. The Balaban J connectivity index is 1.53. The molecule has 0 atom stereocenters. The summed E-state index contributed by atoms with van der Waals surface area (Å²) in [7, 11) is 0. The molecule has 2 heterocycles. The smallest absolute Gasteiger partial charge is 0.410 e. The number of piperidine rings is 1. The summed E-state index contributed by atoms with van der Waals surface area (Å²) in [6, 6.07) is 12.7. The van der Waals surface area contributed by atoms with Crippen LogP contribution in [0.3, 0.4) is 0 Å². The van der Waals surface area contributed by atoms with Crippen LogP contribution in [0.2, 0.25) is 0 Å². The van der Waals surface area contributed by atoms with Gasteiger partial charge in [0.2, 0.25) is 0 Å². The first kappa shape index (κ1) is 31.6. The number of amides is 1. The van der Waals surface area contributed by atoms with Gasteiger partial charge in [0, 0.05) is 48.0 Å². The Hall–Kier alpha value is -4.30. The third-order valence-electron chi connectivity index (χ3n) is 6.92. The Kier molecular flexibility index (Phi) is 9.81. The van der Waals surface area contributed by atoms with Crippen LogP contribution in [0, 0.1) is 23.0 Å². The van der Waals surface area contributed by atoms with Crippen LogP contribution in [0.15, 0.2) is 59.2 Å². The van der Waals surface area contributed by atoms with Crippen LogP contribution in [-0.2, 0) is 16.1 Å². The molecule has 1 amide bonds. The summed E-state index contributed by atoms with van der Waals surface area (Å²) in [5.74, 6) is -2.27. The number of carboxylic acids is 1. The van der Waals surface area contributed by atoms with E-state index in [2.05, 4.69) is 20.9 Å². The second-order valence-electron chi connectivity index (χ2n) is 11.2. The number of nitrogens with zero attached hydrogens (tertiary/aromatic N) is 4. The number of aliphatic carboxylic acids is 1. The van der Waals surface area contributed by atoms with Crippen molar-refractivity contribution in [1.82, 2.24) is 9.88 Å². The summed E-state index contributed by atoms with van der Waals surface area (Å²) in [4.78, 5) is 31.9. The summed E-state index contributed by atoms with van der Waals surface area (Å²) in [6.07, 6.45) is 4.61. The molecule has 1 aromatic heterocycles. The number of aromatic nitrogens is 1. The fourth-order valence-electron chi connectivity index (χ4n) is 4.85. The summed E-state index contributed by atoms with van der Waals surface area (Å²) in [5, 5.41) is 17.9. The van der Waals surface area contributed by atoms with Crippen molar-refractivity contribution in [2.24, 2.45) is 0 Å². The van der Waals surface area contributed by atoms with Gasteiger partial charge >= 0.3 is 12.1 Å². The van der Waals surface area contributed by atoms with Crippen molar-refractivity contribution in [3.8, 4) is 17.2 Å². The van der Waals surface area contributed by atoms with Crippen molar-refractivity contribution in [3.05, 3.63) is 87.5 Å². The summed E-state index contributed by atoms with van der Waals surface area (Å²) < 4.78 is 36.3. The SMILES string of the molecule is CC(C)(C)OC(=O)N(Cc1ccc(/C=C/C(=O)O)cc1)C1CCN(c2ncc(Br)c(-c3ccc(C#N)c(F)c3)c2F)CC1. The molecular formula is C32H31BrF2N4O4. The molecular weight excluding hydrogens is 622 g/mol. The highest BCUT2D eigenvalue weighted by atomic mass is 79.9. The number of rotatable bonds is 7. The standard InChI is InChI=1S/C32H31BrF2N4O4/c1-32(2,3)43-31(42)39(19-21-6-4-20(5-7-21)8-11-27(40)41)24-12-14-38(15-13-24)30-29(35)28(25(33)18-37-30)22-9-10-23(17-36)26(34)16-22/h4-11,16,18,24H,12-15,19H2,1-3H3,(H,40,41)/b11-8+. The monoisotopic (exact) mass is 652 g/mol. The van der Waals surface area contributed by atoms with Crippen molar-refractivity contribution in [2.75, 3.05) is 18.0 Å². The number of ether oxygens (including phenoxy) is 1. The van der Waals surface area contributed by atoms with Crippen LogP contribution < -0.4 is 4.90 Å². The summed E-state index contributed by atoms with van der Waals surface area (Å²) >= 11 is 3.33. The van der Waals surface area contributed by atoms with Crippen LogP contribution in [0.25, 0.3) is 17.2 Å². The van der Waals surface area contributed by atoms with Crippen molar-refractivity contribution in [3.63, 3.8) is 0 Å². The fourth-order valence-corrected chi connectivity index (χ4v) is 5.36. The van der Waals surface area contributed by atoms with E-state index in [1.165, 1.54) is 24.4 Å². The Morgan fingerprint density at radius 1 is 1.19 bits per heavy atom. The minimum atomic E-state index is -1.04. The molecule has 0 radical (unpaired) electrons. The Morgan fingerprint density at radius 2 is 1.86 bits per heavy atom. The highest BCUT2D eigenvalue weighted by molar-refractivity contribution is 9.10. The molecule has 1 aliphatic heterocycles. The number of anilines is 1. The lowest BCUT2D eigenvalue weighted by Crippen LogP contribution is -2.48. The minimum Gasteiger partial charge on any atom is -0.478 e. The van der Waals surface area contributed by atoms with E-state index in [-0.39, 0.29) is 35.1 Å². The molecule has 1 N–H and O–H groups in total. The number of hydrogen-bond donors (Lipinski definition) is 1. The number of carbonyl (C=O) groups is 2. The average Bonchev–Trinajstić information content (AvgIpc) is 2.95. The van der Waals surface area contributed by atoms with Gasteiger partial charge in [0.1, 0.15) is 17.5 Å². The Morgan fingerprint density at radius 3 is 2.44 bits per heavy atom. The topological polar surface area (TPSA) is 107 Å². The van der Waals surface area contributed by atoms with E-state index in [0.29, 0.717) is 30.4 Å². The second kappa shape index (κ2) is 13.3. The fraction of sp³-hybridized carbons (Fsp3) is 0.312. The van der Waals surface area contributed by atoms with E-state index in [9.17, 15) is 14.0 Å². The molecule has 224 valence electrons. The number of benzene rings is 2. The highest BCUT2D eigenvalue weighted by Crippen LogP contribution is 2.36. The molecule has 4 rings (SSSR count). The van der Waals surface area contributed by atoms with Crippen molar-refractivity contribution < 1.29 is 28.2 Å². The molecule has 0 saturated carbocycles. The first-order valence-corrected chi connectivity index (χ1v) is 14.4. The van der Waals surface area contributed by atoms with Gasteiger partial charge in [-0.05, 0) is 84.4 Å². The van der Waals surface area contributed by atoms with Gasteiger partial charge in [-0.2, -0.15) is 5.26 Å². The number of carbonyl (C=O) groups excluding carboxylic acids is 1. The normalized spacial score (nSPS) is 14.0. The van der Waals surface area contributed by atoms with Gasteiger partial charge in [0.25, 0.3) is 0 Å². The van der Waals surface area contributed by atoms with Gasteiger partial charge in [-0.1, -0.05) is 30.3 Å². The van der Waals surface area contributed by atoms with Crippen molar-refractivity contribution in [2.45, 2.75) is 51.8 Å². The second-order valence-corrected chi connectivity index (χ2v) is 12.0. The zero-order valence-electron chi connectivity index (χ0n) is 24.0. The van der Waals surface area contributed by atoms with Gasteiger partial charge < -0.3 is 19.6 Å². The molecule has 43 heavy (non-hydrogen) atoms. The summed E-state index contributed by atoms with van der Waals surface area (Å²) in [6.45, 7) is 6.50. The highest BCUT2D eigenvalue weighted by Gasteiger charge is 2.33. The van der Waals surface area contributed by atoms with Crippen molar-refractivity contribution >= 4 is 39.9 Å². The first-order chi connectivity index (χ1) is 20.4. The van der Waals surface area contributed by atoms with Gasteiger partial charge in [0.05, 0.1) is 5.56 Å². The largest absolute Gasteiger partial charge is 0.478 e. The molecule has 8 nitrogen and oxygen atoms in total. The predicted molar refractivity (Wildman–Crippen MR) is 162 cm³/mol. The van der Waals surface area contributed by atoms with E-state index < -0.39 is 29.3 Å². The van der Waals surface area contributed by atoms with E-state index in [1.807, 2.05) is 12.1 Å². The third kappa shape index (κ3) is 7.96. The maximum Gasteiger partial charge on any atom is 0.410 e. The average molecular weight is 654 g/mol. The van der Waals surface area contributed by atoms with Gasteiger partial charge in [-0.15, -0.1) is 0 Å². The van der Waals surface area contributed by atoms with Gasteiger partial charge in [-0.25, -0.2) is 23.4 Å². The molecule has 1 fully saturated rings. The lowest BCUT2D eigenvalue weighted by Gasteiger charge is -2.39. The first-order valence-electron chi connectivity index (χ1n) is 13.6.